The van der Waals surface area contributed by atoms with Gasteiger partial charge in [0, 0.05) is 45.5 Å². The summed E-state index contributed by atoms with van der Waals surface area (Å²) in [5.74, 6) is 0.692. The molecule has 0 amide bonds. The standard InChI is InChI=1S/C22H22ClN5O/c1-13(2)28-20(7-9-25-28)15-6-8-24-21(12-15)26-14(3)18-11-16-10-17(23)4-5-19(16)27-22(18)29/h4-14H,1-3H3,(H,24,26)(H,27,29). The number of pyridine rings is 2. The first kappa shape index (κ1) is 19.2. The van der Waals surface area contributed by atoms with Crippen molar-refractivity contribution in [2.75, 3.05) is 5.32 Å². The van der Waals surface area contributed by atoms with E-state index >= 15 is 0 Å². The van der Waals surface area contributed by atoms with Crippen LogP contribution >= 0.6 is 11.6 Å². The monoisotopic (exact) mass is 407 g/mol. The van der Waals surface area contributed by atoms with Crippen LogP contribution in [0.4, 0.5) is 5.82 Å². The van der Waals surface area contributed by atoms with E-state index in [1.165, 1.54) is 0 Å². The van der Waals surface area contributed by atoms with Gasteiger partial charge in [-0.15, -0.1) is 0 Å². The highest BCUT2D eigenvalue weighted by Gasteiger charge is 2.14. The lowest BCUT2D eigenvalue weighted by molar-refractivity contribution is 0.538. The van der Waals surface area contributed by atoms with Crippen LogP contribution in [0.25, 0.3) is 22.2 Å². The Hall–Kier alpha value is -3.12. The van der Waals surface area contributed by atoms with Crippen LogP contribution in [0.5, 0.6) is 0 Å². The smallest absolute Gasteiger partial charge is 0.253 e. The van der Waals surface area contributed by atoms with Crippen molar-refractivity contribution in [3.8, 4) is 11.3 Å². The largest absolute Gasteiger partial charge is 0.363 e. The minimum absolute atomic E-state index is 0.131. The maximum Gasteiger partial charge on any atom is 0.253 e. The molecule has 0 aliphatic heterocycles. The summed E-state index contributed by atoms with van der Waals surface area (Å²) in [6.07, 6.45) is 3.55. The van der Waals surface area contributed by atoms with Crippen molar-refractivity contribution < 1.29 is 0 Å². The minimum Gasteiger partial charge on any atom is -0.363 e. The van der Waals surface area contributed by atoms with Crippen LogP contribution in [-0.4, -0.2) is 19.7 Å². The Morgan fingerprint density at radius 3 is 2.69 bits per heavy atom. The van der Waals surface area contributed by atoms with Gasteiger partial charge in [-0.3, -0.25) is 9.48 Å². The lowest BCUT2D eigenvalue weighted by Gasteiger charge is -2.16. The number of halogens is 1. The van der Waals surface area contributed by atoms with Crippen molar-refractivity contribution in [2.45, 2.75) is 32.9 Å². The van der Waals surface area contributed by atoms with E-state index in [9.17, 15) is 4.79 Å². The van der Waals surface area contributed by atoms with Crippen LogP contribution < -0.4 is 10.9 Å². The SMILES string of the molecule is CC(Nc1cc(-c2ccnn2C(C)C)ccn1)c1cc2cc(Cl)ccc2[nH]c1=O. The molecule has 148 valence electrons. The van der Waals surface area contributed by atoms with Crippen LogP contribution in [-0.2, 0) is 0 Å². The third kappa shape index (κ3) is 3.89. The third-order valence-electron chi connectivity index (χ3n) is 4.88. The van der Waals surface area contributed by atoms with Crippen molar-refractivity contribution in [1.82, 2.24) is 19.7 Å². The first-order chi connectivity index (χ1) is 13.9. The number of hydrogen-bond donors (Lipinski definition) is 2. The number of rotatable bonds is 5. The van der Waals surface area contributed by atoms with E-state index in [2.05, 4.69) is 34.2 Å². The van der Waals surface area contributed by atoms with E-state index < -0.39 is 0 Å². The molecule has 1 aromatic carbocycles. The Morgan fingerprint density at radius 2 is 1.90 bits per heavy atom. The number of nitrogens with zero attached hydrogens (tertiary/aromatic N) is 3. The number of aromatic amines is 1. The minimum atomic E-state index is -0.236. The number of benzene rings is 1. The zero-order valence-corrected chi connectivity index (χ0v) is 17.2. The Balaban J connectivity index is 1.64. The third-order valence-corrected chi connectivity index (χ3v) is 5.12. The lowest BCUT2D eigenvalue weighted by Crippen LogP contribution is -2.19. The normalized spacial score (nSPS) is 12.4. The molecule has 3 aromatic heterocycles. The molecule has 6 nitrogen and oxygen atoms in total. The summed E-state index contributed by atoms with van der Waals surface area (Å²) in [7, 11) is 0. The van der Waals surface area contributed by atoms with Gasteiger partial charge in [0.05, 0.1) is 11.7 Å². The Morgan fingerprint density at radius 1 is 1.07 bits per heavy atom. The molecule has 4 aromatic rings. The molecule has 0 aliphatic carbocycles. The van der Waals surface area contributed by atoms with E-state index in [4.69, 9.17) is 11.6 Å². The average molecular weight is 408 g/mol. The number of H-pyrrole nitrogens is 1. The summed E-state index contributed by atoms with van der Waals surface area (Å²) < 4.78 is 1.97. The average Bonchev–Trinajstić information content (AvgIpc) is 3.18. The second-order valence-electron chi connectivity index (χ2n) is 7.34. The van der Waals surface area contributed by atoms with E-state index in [1.54, 1.807) is 18.5 Å². The number of nitrogens with one attached hydrogen (secondary N) is 2. The molecule has 0 fully saturated rings. The van der Waals surface area contributed by atoms with Gasteiger partial charge in [-0.05, 0) is 63.2 Å². The van der Waals surface area contributed by atoms with Crippen molar-refractivity contribution >= 4 is 28.3 Å². The highest BCUT2D eigenvalue weighted by molar-refractivity contribution is 6.31. The van der Waals surface area contributed by atoms with Crippen LogP contribution in [0.15, 0.2) is 59.7 Å². The molecule has 2 N–H and O–H groups in total. The summed E-state index contributed by atoms with van der Waals surface area (Å²) in [6.45, 7) is 6.13. The maximum atomic E-state index is 12.6. The van der Waals surface area contributed by atoms with Gasteiger partial charge in [0.1, 0.15) is 5.82 Å². The molecule has 29 heavy (non-hydrogen) atoms. The van der Waals surface area contributed by atoms with E-state index in [-0.39, 0.29) is 17.6 Å². The van der Waals surface area contributed by atoms with E-state index in [1.807, 2.05) is 48.0 Å². The molecule has 1 atom stereocenters. The molecular formula is C22H22ClN5O. The molecule has 3 heterocycles. The van der Waals surface area contributed by atoms with Gasteiger partial charge in [0.15, 0.2) is 0 Å². The Bertz CT molecular complexity index is 1230. The Labute approximate surface area is 173 Å². The van der Waals surface area contributed by atoms with Crippen molar-refractivity contribution in [3.63, 3.8) is 0 Å². The van der Waals surface area contributed by atoms with Gasteiger partial charge >= 0.3 is 0 Å². The predicted octanol–water partition coefficient (Wildman–Crippen LogP) is 5.19. The topological polar surface area (TPSA) is 75.6 Å². The first-order valence-electron chi connectivity index (χ1n) is 9.51. The number of fused-ring (bicyclic) bond motifs is 1. The molecule has 0 spiro atoms. The van der Waals surface area contributed by atoms with Crippen LogP contribution in [0.3, 0.4) is 0 Å². The van der Waals surface area contributed by atoms with Crippen molar-refractivity contribution in [1.29, 1.82) is 0 Å². The summed E-state index contributed by atoms with van der Waals surface area (Å²) in [5, 5.41) is 9.26. The van der Waals surface area contributed by atoms with Gasteiger partial charge in [-0.25, -0.2) is 4.98 Å². The van der Waals surface area contributed by atoms with Gasteiger partial charge in [0.2, 0.25) is 0 Å². The molecule has 1 unspecified atom stereocenters. The fourth-order valence-electron chi connectivity index (χ4n) is 3.44. The van der Waals surface area contributed by atoms with Crippen molar-refractivity contribution in [2.24, 2.45) is 0 Å². The van der Waals surface area contributed by atoms with Crippen LogP contribution in [0.1, 0.15) is 38.4 Å². The number of hydrogen-bond acceptors (Lipinski definition) is 4. The quantitative estimate of drug-likeness (QED) is 0.477. The highest BCUT2D eigenvalue weighted by Crippen LogP contribution is 2.26. The van der Waals surface area contributed by atoms with E-state index in [0.29, 0.717) is 16.4 Å². The molecule has 7 heteroatoms. The predicted molar refractivity (Wildman–Crippen MR) is 117 cm³/mol. The second-order valence-corrected chi connectivity index (χ2v) is 7.77. The van der Waals surface area contributed by atoms with Gasteiger partial charge in [-0.2, -0.15) is 5.10 Å². The van der Waals surface area contributed by atoms with Crippen LogP contribution in [0, 0.1) is 0 Å². The maximum absolute atomic E-state index is 12.6. The molecule has 0 bridgehead atoms. The number of aromatic nitrogens is 4. The van der Waals surface area contributed by atoms with Crippen molar-refractivity contribution in [3.05, 3.63) is 75.8 Å². The van der Waals surface area contributed by atoms with Gasteiger partial charge < -0.3 is 10.3 Å². The molecule has 0 saturated carbocycles. The summed E-state index contributed by atoms with van der Waals surface area (Å²) in [4.78, 5) is 19.9. The fraction of sp³-hybridized carbons (Fsp3) is 0.227. The zero-order chi connectivity index (χ0) is 20.5. The summed E-state index contributed by atoms with van der Waals surface area (Å²) in [5.41, 5.74) is 3.29. The number of anilines is 1. The highest BCUT2D eigenvalue weighted by atomic mass is 35.5. The van der Waals surface area contributed by atoms with Gasteiger partial charge in [0.25, 0.3) is 5.56 Å². The molecule has 4 rings (SSSR count). The fourth-order valence-corrected chi connectivity index (χ4v) is 3.62. The second kappa shape index (κ2) is 7.72. The van der Waals surface area contributed by atoms with Gasteiger partial charge in [-0.1, -0.05) is 11.6 Å². The first-order valence-corrected chi connectivity index (χ1v) is 9.89. The molecule has 0 aliphatic rings. The zero-order valence-electron chi connectivity index (χ0n) is 16.5. The lowest BCUT2D eigenvalue weighted by atomic mass is 10.1. The summed E-state index contributed by atoms with van der Waals surface area (Å²) in [6, 6.07) is 13.2. The summed E-state index contributed by atoms with van der Waals surface area (Å²) >= 11 is 6.10. The molecule has 0 radical (unpaired) electrons. The van der Waals surface area contributed by atoms with Crippen LogP contribution in [0.2, 0.25) is 5.02 Å². The Kier molecular flexibility index (Phi) is 5.11. The molecular weight excluding hydrogens is 386 g/mol. The molecule has 0 saturated heterocycles. The van der Waals surface area contributed by atoms with E-state index in [0.717, 1.165) is 22.2 Å².